The molecule has 0 amide bonds. The third kappa shape index (κ3) is 4.12. The molecule has 20 heavy (non-hydrogen) atoms. The SMILES string of the molecule is CN(C)CCN(C)c1ccc(C(F)(F)F)cc1C(=O)O. The molecule has 0 aliphatic carbocycles. The van der Waals surface area contributed by atoms with Crippen LogP contribution in [0.15, 0.2) is 18.2 Å². The van der Waals surface area contributed by atoms with Crippen molar-refractivity contribution in [2.75, 3.05) is 39.1 Å². The highest BCUT2D eigenvalue weighted by molar-refractivity contribution is 5.94. The first-order valence-electron chi connectivity index (χ1n) is 5.93. The highest BCUT2D eigenvalue weighted by Crippen LogP contribution is 2.32. The van der Waals surface area contributed by atoms with Gasteiger partial charge in [0.1, 0.15) is 0 Å². The van der Waals surface area contributed by atoms with Crippen molar-refractivity contribution in [2.24, 2.45) is 0 Å². The molecule has 1 aromatic carbocycles. The fraction of sp³-hybridized carbons (Fsp3) is 0.462. The molecular weight excluding hydrogens is 273 g/mol. The number of rotatable bonds is 5. The highest BCUT2D eigenvalue weighted by Gasteiger charge is 2.32. The summed E-state index contributed by atoms with van der Waals surface area (Å²) < 4.78 is 37.8. The first-order valence-corrected chi connectivity index (χ1v) is 5.93. The number of aromatic carboxylic acids is 1. The van der Waals surface area contributed by atoms with Crippen LogP contribution in [0.2, 0.25) is 0 Å². The number of nitrogens with zero attached hydrogens (tertiary/aromatic N) is 2. The number of carboxylic acid groups (broad SMARTS) is 1. The van der Waals surface area contributed by atoms with Gasteiger partial charge in [-0.15, -0.1) is 0 Å². The topological polar surface area (TPSA) is 43.8 Å². The van der Waals surface area contributed by atoms with Gasteiger partial charge in [-0.3, -0.25) is 0 Å². The smallest absolute Gasteiger partial charge is 0.416 e. The van der Waals surface area contributed by atoms with Crippen LogP contribution >= 0.6 is 0 Å². The van der Waals surface area contributed by atoms with Crippen molar-refractivity contribution < 1.29 is 23.1 Å². The quantitative estimate of drug-likeness (QED) is 0.904. The van der Waals surface area contributed by atoms with E-state index >= 15 is 0 Å². The van der Waals surface area contributed by atoms with E-state index in [1.54, 1.807) is 11.9 Å². The van der Waals surface area contributed by atoms with Crippen molar-refractivity contribution in [2.45, 2.75) is 6.18 Å². The Balaban J connectivity index is 3.10. The van der Waals surface area contributed by atoms with Gasteiger partial charge in [0.25, 0.3) is 0 Å². The van der Waals surface area contributed by atoms with Crippen LogP contribution in [-0.4, -0.2) is 50.2 Å². The minimum Gasteiger partial charge on any atom is -0.478 e. The summed E-state index contributed by atoms with van der Waals surface area (Å²) in [5.41, 5.74) is -1.03. The van der Waals surface area contributed by atoms with Crippen molar-refractivity contribution in [3.05, 3.63) is 29.3 Å². The Hall–Kier alpha value is -1.76. The molecular formula is C13H17F3N2O2. The van der Waals surface area contributed by atoms with Gasteiger partial charge < -0.3 is 14.9 Å². The third-order valence-corrected chi connectivity index (χ3v) is 2.85. The van der Waals surface area contributed by atoms with E-state index in [9.17, 15) is 18.0 Å². The van der Waals surface area contributed by atoms with E-state index in [1.807, 2.05) is 19.0 Å². The zero-order chi connectivity index (χ0) is 15.5. The fourth-order valence-electron chi connectivity index (χ4n) is 1.69. The van der Waals surface area contributed by atoms with E-state index < -0.39 is 17.7 Å². The molecule has 1 N–H and O–H groups in total. The van der Waals surface area contributed by atoms with Crippen LogP contribution in [0.4, 0.5) is 18.9 Å². The lowest BCUT2D eigenvalue weighted by atomic mass is 10.1. The van der Waals surface area contributed by atoms with E-state index in [0.29, 0.717) is 19.2 Å². The van der Waals surface area contributed by atoms with Gasteiger partial charge in [0.2, 0.25) is 0 Å². The standard InChI is InChI=1S/C13H17F3N2O2/c1-17(2)6-7-18(3)11-5-4-9(13(14,15)16)8-10(11)12(19)20/h4-5,8H,6-7H2,1-3H3,(H,19,20). The molecule has 0 radical (unpaired) electrons. The van der Waals surface area contributed by atoms with Crippen LogP contribution in [0.1, 0.15) is 15.9 Å². The monoisotopic (exact) mass is 290 g/mol. The Morgan fingerprint density at radius 2 is 1.80 bits per heavy atom. The van der Waals surface area contributed by atoms with Crippen LogP contribution in [-0.2, 0) is 6.18 Å². The predicted molar refractivity (Wildman–Crippen MR) is 70.2 cm³/mol. The number of halogens is 3. The maximum Gasteiger partial charge on any atom is 0.416 e. The largest absolute Gasteiger partial charge is 0.478 e. The van der Waals surface area contributed by atoms with Crippen molar-refractivity contribution >= 4 is 11.7 Å². The fourth-order valence-corrected chi connectivity index (χ4v) is 1.69. The lowest BCUT2D eigenvalue weighted by Gasteiger charge is -2.23. The molecule has 0 spiro atoms. The summed E-state index contributed by atoms with van der Waals surface area (Å²) in [6.07, 6.45) is -4.55. The Labute approximate surface area is 115 Å². The van der Waals surface area contributed by atoms with Crippen molar-refractivity contribution in [3.8, 4) is 0 Å². The molecule has 4 nitrogen and oxygen atoms in total. The van der Waals surface area contributed by atoms with Gasteiger partial charge in [0.05, 0.1) is 16.8 Å². The maximum absolute atomic E-state index is 12.6. The van der Waals surface area contributed by atoms with Crippen molar-refractivity contribution in [3.63, 3.8) is 0 Å². The molecule has 0 saturated heterocycles. The van der Waals surface area contributed by atoms with E-state index in [4.69, 9.17) is 5.11 Å². The number of carbonyl (C=O) groups is 1. The van der Waals surface area contributed by atoms with E-state index in [2.05, 4.69) is 0 Å². The van der Waals surface area contributed by atoms with Crippen molar-refractivity contribution in [1.29, 1.82) is 0 Å². The number of hydrogen-bond acceptors (Lipinski definition) is 3. The van der Waals surface area contributed by atoms with Crippen LogP contribution in [0.5, 0.6) is 0 Å². The number of benzene rings is 1. The predicted octanol–water partition coefficient (Wildman–Crippen LogP) is 2.40. The number of hydrogen-bond donors (Lipinski definition) is 1. The molecule has 0 unspecified atom stereocenters. The summed E-state index contributed by atoms with van der Waals surface area (Å²) >= 11 is 0. The second kappa shape index (κ2) is 6.13. The average Bonchev–Trinajstić information content (AvgIpc) is 2.33. The van der Waals surface area contributed by atoms with Gasteiger partial charge in [-0.05, 0) is 32.3 Å². The first-order chi connectivity index (χ1) is 9.12. The van der Waals surface area contributed by atoms with Crippen LogP contribution in [0.3, 0.4) is 0 Å². The molecule has 0 heterocycles. The van der Waals surface area contributed by atoms with Crippen molar-refractivity contribution in [1.82, 2.24) is 4.90 Å². The molecule has 0 aromatic heterocycles. The van der Waals surface area contributed by atoms with Gasteiger partial charge in [0.15, 0.2) is 0 Å². The minimum absolute atomic E-state index is 0.271. The second-order valence-corrected chi connectivity index (χ2v) is 4.76. The number of likely N-dealkylation sites (N-methyl/N-ethyl adjacent to an activating group) is 2. The Morgan fingerprint density at radius 3 is 2.25 bits per heavy atom. The van der Waals surface area contributed by atoms with Gasteiger partial charge >= 0.3 is 12.1 Å². The summed E-state index contributed by atoms with van der Waals surface area (Å²) in [4.78, 5) is 14.7. The van der Waals surface area contributed by atoms with Gasteiger partial charge in [0, 0.05) is 20.1 Å². The Morgan fingerprint density at radius 1 is 1.20 bits per heavy atom. The number of carboxylic acids is 1. The zero-order valence-corrected chi connectivity index (χ0v) is 11.5. The van der Waals surface area contributed by atoms with Gasteiger partial charge in [-0.1, -0.05) is 0 Å². The van der Waals surface area contributed by atoms with E-state index in [-0.39, 0.29) is 11.3 Å². The molecule has 1 aromatic rings. The van der Waals surface area contributed by atoms with E-state index in [1.165, 1.54) is 6.07 Å². The minimum atomic E-state index is -4.55. The summed E-state index contributed by atoms with van der Waals surface area (Å²) in [6.45, 7) is 1.18. The molecule has 0 saturated carbocycles. The average molecular weight is 290 g/mol. The molecule has 0 aliphatic heterocycles. The molecule has 0 aliphatic rings. The Kier molecular flexibility index (Phi) is 4.99. The maximum atomic E-state index is 12.6. The van der Waals surface area contributed by atoms with E-state index in [0.717, 1.165) is 6.07 Å². The summed E-state index contributed by atoms with van der Waals surface area (Å²) in [5.74, 6) is -1.37. The lowest BCUT2D eigenvalue weighted by molar-refractivity contribution is -0.137. The molecule has 0 atom stereocenters. The first kappa shape index (κ1) is 16.3. The van der Waals surface area contributed by atoms with Crippen LogP contribution in [0.25, 0.3) is 0 Å². The molecule has 0 fully saturated rings. The molecule has 1 rings (SSSR count). The normalized spacial score (nSPS) is 11.8. The van der Waals surface area contributed by atoms with Crippen LogP contribution < -0.4 is 4.90 Å². The highest BCUT2D eigenvalue weighted by atomic mass is 19.4. The Bertz CT molecular complexity index is 487. The second-order valence-electron chi connectivity index (χ2n) is 4.76. The molecule has 0 bridgehead atoms. The zero-order valence-electron chi connectivity index (χ0n) is 11.5. The third-order valence-electron chi connectivity index (χ3n) is 2.85. The molecule has 112 valence electrons. The summed E-state index contributed by atoms with van der Waals surface area (Å²) in [7, 11) is 5.37. The van der Waals surface area contributed by atoms with Crippen LogP contribution in [0, 0.1) is 0 Å². The lowest BCUT2D eigenvalue weighted by Crippen LogP contribution is -2.29. The summed E-state index contributed by atoms with van der Waals surface area (Å²) in [6, 6.07) is 2.76. The van der Waals surface area contributed by atoms with Gasteiger partial charge in [-0.25, -0.2) is 4.79 Å². The molecule has 7 heteroatoms. The summed E-state index contributed by atoms with van der Waals surface area (Å²) in [5, 5.41) is 9.08. The van der Waals surface area contributed by atoms with Gasteiger partial charge in [-0.2, -0.15) is 13.2 Å². The number of alkyl halides is 3. The number of anilines is 1.